The van der Waals surface area contributed by atoms with E-state index in [1.54, 1.807) is 37.7 Å². The number of nitrogens with one attached hydrogen (secondary N) is 1. The maximum Gasteiger partial charge on any atom is 0.225 e. The van der Waals surface area contributed by atoms with Crippen molar-refractivity contribution >= 4 is 22.9 Å². The number of benzene rings is 2. The molecule has 6 nitrogen and oxygen atoms in total. The third-order valence-corrected chi connectivity index (χ3v) is 6.19. The Morgan fingerprint density at radius 1 is 1.00 bits per heavy atom. The van der Waals surface area contributed by atoms with Crippen molar-refractivity contribution in [2.45, 2.75) is 12.3 Å². The summed E-state index contributed by atoms with van der Waals surface area (Å²) >= 11 is 1.59. The minimum Gasteiger partial charge on any atom is -0.504 e. The maximum absolute atomic E-state index is 12.5. The van der Waals surface area contributed by atoms with E-state index in [2.05, 4.69) is 5.32 Å². The minimum absolute atomic E-state index is 0.0575. The summed E-state index contributed by atoms with van der Waals surface area (Å²) in [6.07, 6.45) is 0.324. The molecule has 0 spiro atoms. The standard InChI is InChI=1S/C22H21NO5S/c1-26-17-6-4-12(8-16(17)24)14-10-20(25)23-21-15(11-29-22(14)21)13-5-7-18(27-2)19(9-13)28-3/h4-9,11,14,24H,10H2,1-3H3,(H,23,25). The van der Waals surface area contributed by atoms with Gasteiger partial charge in [0.1, 0.15) is 0 Å². The average molecular weight is 411 g/mol. The molecule has 1 aliphatic rings. The van der Waals surface area contributed by atoms with E-state index >= 15 is 0 Å². The summed E-state index contributed by atoms with van der Waals surface area (Å²) in [6.45, 7) is 0. The van der Waals surface area contributed by atoms with Crippen LogP contribution in [-0.2, 0) is 4.79 Å². The number of carbonyl (C=O) groups is 1. The van der Waals surface area contributed by atoms with Crippen LogP contribution < -0.4 is 19.5 Å². The van der Waals surface area contributed by atoms with Crippen LogP contribution in [0.1, 0.15) is 22.8 Å². The van der Waals surface area contributed by atoms with Gasteiger partial charge in [-0.1, -0.05) is 12.1 Å². The van der Waals surface area contributed by atoms with E-state index < -0.39 is 0 Å². The number of hydrogen-bond donors (Lipinski definition) is 2. The Bertz CT molecular complexity index is 1080. The fourth-order valence-corrected chi connectivity index (χ4v) is 4.80. The zero-order valence-electron chi connectivity index (χ0n) is 16.3. The van der Waals surface area contributed by atoms with Crippen LogP contribution in [0.4, 0.5) is 5.69 Å². The average Bonchev–Trinajstić information content (AvgIpc) is 3.16. The largest absolute Gasteiger partial charge is 0.504 e. The van der Waals surface area contributed by atoms with Gasteiger partial charge >= 0.3 is 0 Å². The van der Waals surface area contributed by atoms with Crippen LogP contribution >= 0.6 is 11.3 Å². The van der Waals surface area contributed by atoms with Crippen molar-refractivity contribution in [3.63, 3.8) is 0 Å². The topological polar surface area (TPSA) is 77.0 Å². The summed E-state index contributed by atoms with van der Waals surface area (Å²) < 4.78 is 15.9. The van der Waals surface area contributed by atoms with E-state index in [9.17, 15) is 9.90 Å². The first-order chi connectivity index (χ1) is 14.0. The molecule has 1 aromatic heterocycles. The minimum atomic E-state index is -0.130. The van der Waals surface area contributed by atoms with E-state index in [1.165, 1.54) is 7.11 Å². The molecule has 2 heterocycles. The van der Waals surface area contributed by atoms with E-state index in [0.717, 1.165) is 27.3 Å². The summed E-state index contributed by atoms with van der Waals surface area (Å²) in [5.41, 5.74) is 3.54. The Labute approximate surface area is 172 Å². The number of ether oxygens (including phenoxy) is 3. The number of anilines is 1. The van der Waals surface area contributed by atoms with Crippen molar-refractivity contribution in [2.75, 3.05) is 26.6 Å². The fourth-order valence-electron chi connectivity index (χ4n) is 3.64. The summed E-state index contributed by atoms with van der Waals surface area (Å²) in [6, 6.07) is 11.0. The number of methoxy groups -OCH3 is 3. The summed E-state index contributed by atoms with van der Waals surface area (Å²) in [5, 5.41) is 15.2. The molecule has 0 saturated carbocycles. The molecule has 1 atom stereocenters. The van der Waals surface area contributed by atoms with E-state index in [0.29, 0.717) is 23.7 Å². The van der Waals surface area contributed by atoms with Crippen molar-refractivity contribution in [1.82, 2.24) is 0 Å². The Hall–Kier alpha value is -3.19. The lowest BCUT2D eigenvalue weighted by molar-refractivity contribution is -0.116. The number of thiophene rings is 1. The highest BCUT2D eigenvalue weighted by Gasteiger charge is 2.31. The van der Waals surface area contributed by atoms with Crippen LogP contribution in [0, 0.1) is 0 Å². The molecule has 1 amide bonds. The highest BCUT2D eigenvalue weighted by atomic mass is 32.1. The molecule has 7 heteroatoms. The molecule has 0 saturated heterocycles. The zero-order valence-corrected chi connectivity index (χ0v) is 17.1. The predicted octanol–water partition coefficient (Wildman–Crippen LogP) is 4.62. The van der Waals surface area contributed by atoms with Gasteiger partial charge in [-0.15, -0.1) is 11.3 Å². The molecular weight excluding hydrogens is 390 g/mol. The third-order valence-electron chi connectivity index (χ3n) is 5.09. The number of hydrogen-bond acceptors (Lipinski definition) is 6. The zero-order chi connectivity index (χ0) is 20.5. The molecule has 0 radical (unpaired) electrons. The van der Waals surface area contributed by atoms with Gasteiger partial charge in [-0.3, -0.25) is 4.79 Å². The number of amides is 1. The van der Waals surface area contributed by atoms with Gasteiger partial charge < -0.3 is 24.6 Å². The van der Waals surface area contributed by atoms with Gasteiger partial charge in [0.15, 0.2) is 23.0 Å². The van der Waals surface area contributed by atoms with Gasteiger partial charge in [0, 0.05) is 28.2 Å². The SMILES string of the molecule is COc1ccc(C2CC(=O)Nc3c(-c4ccc(OC)c(OC)c4)csc32)cc1O. The number of rotatable bonds is 5. The molecular formula is C22H21NO5S. The van der Waals surface area contributed by atoms with Crippen molar-refractivity contribution < 1.29 is 24.1 Å². The lowest BCUT2D eigenvalue weighted by Gasteiger charge is -2.24. The van der Waals surface area contributed by atoms with E-state index in [4.69, 9.17) is 14.2 Å². The number of phenols is 1. The smallest absolute Gasteiger partial charge is 0.225 e. The molecule has 150 valence electrons. The molecule has 29 heavy (non-hydrogen) atoms. The van der Waals surface area contributed by atoms with Crippen molar-refractivity contribution in [3.05, 3.63) is 52.2 Å². The second kappa shape index (κ2) is 7.67. The quantitative estimate of drug-likeness (QED) is 0.641. The summed E-state index contributed by atoms with van der Waals surface area (Å²) in [4.78, 5) is 13.5. The van der Waals surface area contributed by atoms with Crippen LogP contribution in [0.2, 0.25) is 0 Å². The second-order valence-corrected chi connectivity index (χ2v) is 7.61. The highest BCUT2D eigenvalue weighted by molar-refractivity contribution is 7.11. The first-order valence-corrected chi connectivity index (χ1v) is 9.94. The number of carbonyl (C=O) groups excluding carboxylic acids is 1. The molecule has 0 fully saturated rings. The maximum atomic E-state index is 12.5. The molecule has 1 aliphatic heterocycles. The van der Waals surface area contributed by atoms with Gasteiger partial charge in [-0.25, -0.2) is 0 Å². The molecule has 2 aromatic carbocycles. The number of fused-ring (bicyclic) bond motifs is 1. The Morgan fingerprint density at radius 3 is 2.41 bits per heavy atom. The predicted molar refractivity (Wildman–Crippen MR) is 113 cm³/mol. The molecule has 0 aliphatic carbocycles. The first-order valence-electron chi connectivity index (χ1n) is 9.06. The Morgan fingerprint density at radius 2 is 1.72 bits per heavy atom. The molecule has 1 unspecified atom stereocenters. The van der Waals surface area contributed by atoms with Crippen molar-refractivity contribution in [1.29, 1.82) is 0 Å². The van der Waals surface area contributed by atoms with Crippen LogP contribution in [0.3, 0.4) is 0 Å². The van der Waals surface area contributed by atoms with Gasteiger partial charge in [0.25, 0.3) is 0 Å². The number of phenolic OH excluding ortho intramolecular Hbond substituents is 1. The van der Waals surface area contributed by atoms with Crippen LogP contribution in [0.15, 0.2) is 41.8 Å². The van der Waals surface area contributed by atoms with E-state index in [1.807, 2.05) is 29.6 Å². The molecule has 0 bridgehead atoms. The van der Waals surface area contributed by atoms with Gasteiger partial charge in [0.2, 0.25) is 5.91 Å². The highest BCUT2D eigenvalue weighted by Crippen LogP contribution is 2.48. The second-order valence-electron chi connectivity index (χ2n) is 6.69. The van der Waals surface area contributed by atoms with Crippen LogP contribution in [0.25, 0.3) is 11.1 Å². The van der Waals surface area contributed by atoms with Crippen molar-refractivity contribution in [3.8, 4) is 34.1 Å². The van der Waals surface area contributed by atoms with Gasteiger partial charge in [-0.05, 0) is 35.4 Å². The van der Waals surface area contributed by atoms with Crippen molar-refractivity contribution in [2.24, 2.45) is 0 Å². The van der Waals surface area contributed by atoms with Crippen LogP contribution in [-0.4, -0.2) is 32.3 Å². The molecule has 3 aromatic rings. The lowest BCUT2D eigenvalue weighted by Crippen LogP contribution is -2.22. The Balaban J connectivity index is 1.78. The molecule has 2 N–H and O–H groups in total. The Kier molecular flexibility index (Phi) is 5.07. The van der Waals surface area contributed by atoms with Gasteiger partial charge in [-0.2, -0.15) is 0 Å². The number of aromatic hydroxyl groups is 1. The fraction of sp³-hybridized carbons (Fsp3) is 0.227. The normalized spacial score (nSPS) is 15.4. The summed E-state index contributed by atoms with van der Waals surface area (Å²) in [7, 11) is 4.70. The van der Waals surface area contributed by atoms with Gasteiger partial charge in [0.05, 0.1) is 27.0 Å². The summed E-state index contributed by atoms with van der Waals surface area (Å²) in [5.74, 6) is 1.56. The van der Waals surface area contributed by atoms with Crippen LogP contribution in [0.5, 0.6) is 23.0 Å². The first kappa shape index (κ1) is 19.1. The lowest BCUT2D eigenvalue weighted by atomic mass is 9.89. The third kappa shape index (κ3) is 3.38. The molecule has 4 rings (SSSR count). The van der Waals surface area contributed by atoms with E-state index in [-0.39, 0.29) is 17.6 Å². The monoisotopic (exact) mass is 411 g/mol.